The maximum Gasteiger partial charge on any atom is 0.251 e. The van der Waals surface area contributed by atoms with Gasteiger partial charge in [0.1, 0.15) is 0 Å². The first-order valence-corrected chi connectivity index (χ1v) is 9.52. The fourth-order valence-corrected chi connectivity index (χ4v) is 3.83. The number of carbonyl (C=O) groups is 1. The van der Waals surface area contributed by atoms with Crippen molar-refractivity contribution >= 4 is 21.6 Å². The summed E-state index contributed by atoms with van der Waals surface area (Å²) in [6.07, 6.45) is 3.59. The van der Waals surface area contributed by atoms with E-state index in [2.05, 4.69) is 12.2 Å². The van der Waals surface area contributed by atoms with Gasteiger partial charge in [0, 0.05) is 18.7 Å². The largest absolute Gasteiger partial charge is 0.352 e. The summed E-state index contributed by atoms with van der Waals surface area (Å²) in [5.41, 5.74) is 2.26. The third-order valence-electron chi connectivity index (χ3n) is 3.93. The van der Waals surface area contributed by atoms with Crippen molar-refractivity contribution in [3.05, 3.63) is 29.3 Å². The van der Waals surface area contributed by atoms with Gasteiger partial charge in [-0.05, 0) is 49.9 Å². The maximum atomic E-state index is 12.2. The Bertz CT molecular complexity index is 641. The van der Waals surface area contributed by atoms with Gasteiger partial charge in [-0.1, -0.05) is 13.3 Å². The Morgan fingerprint density at radius 1 is 1.32 bits per heavy atom. The number of amides is 1. The number of sulfonamides is 1. The standard InChI is InChI=1S/C16H24N2O3S/c1-3-5-10-17-16(19)14-8-9-15-13(12-14)7-6-11-18(15)22(20,21)4-2/h8-9,12H,3-7,10-11H2,1-2H3,(H,17,19). The molecule has 0 spiro atoms. The smallest absolute Gasteiger partial charge is 0.251 e. The van der Waals surface area contributed by atoms with Crippen molar-refractivity contribution < 1.29 is 13.2 Å². The Kier molecular flexibility index (Phi) is 5.45. The highest BCUT2D eigenvalue weighted by Gasteiger charge is 2.26. The van der Waals surface area contributed by atoms with Gasteiger partial charge in [-0.15, -0.1) is 0 Å². The summed E-state index contributed by atoms with van der Waals surface area (Å²) in [7, 11) is -3.25. The number of nitrogens with zero attached hydrogens (tertiary/aromatic N) is 1. The third kappa shape index (κ3) is 3.61. The minimum atomic E-state index is -3.25. The van der Waals surface area contributed by atoms with E-state index in [-0.39, 0.29) is 11.7 Å². The van der Waals surface area contributed by atoms with Crippen LogP contribution in [0.3, 0.4) is 0 Å². The number of hydrogen-bond acceptors (Lipinski definition) is 3. The van der Waals surface area contributed by atoms with E-state index in [4.69, 9.17) is 0 Å². The lowest BCUT2D eigenvalue weighted by atomic mass is 10.0. The molecule has 1 N–H and O–H groups in total. The zero-order chi connectivity index (χ0) is 16.2. The number of unbranched alkanes of at least 4 members (excludes halogenated alkanes) is 1. The second kappa shape index (κ2) is 7.13. The first-order chi connectivity index (χ1) is 10.5. The van der Waals surface area contributed by atoms with Crippen LogP contribution in [0, 0.1) is 0 Å². The van der Waals surface area contributed by atoms with Crippen LogP contribution in [0.25, 0.3) is 0 Å². The first-order valence-electron chi connectivity index (χ1n) is 7.91. The van der Waals surface area contributed by atoms with E-state index in [1.54, 1.807) is 19.1 Å². The molecule has 1 heterocycles. The van der Waals surface area contributed by atoms with Crippen LogP contribution in [0.1, 0.15) is 49.0 Å². The summed E-state index contributed by atoms with van der Waals surface area (Å²) in [5.74, 6) is -0.00201. The third-order valence-corrected chi connectivity index (χ3v) is 5.71. The average Bonchev–Trinajstić information content (AvgIpc) is 2.53. The lowest BCUT2D eigenvalue weighted by molar-refractivity contribution is 0.0953. The number of anilines is 1. The van der Waals surface area contributed by atoms with Crippen LogP contribution in [0.15, 0.2) is 18.2 Å². The van der Waals surface area contributed by atoms with Crippen molar-refractivity contribution in [1.82, 2.24) is 5.32 Å². The molecule has 1 aliphatic heterocycles. The van der Waals surface area contributed by atoms with Crippen LogP contribution >= 0.6 is 0 Å². The Labute approximate surface area is 132 Å². The van der Waals surface area contributed by atoms with E-state index in [0.29, 0.717) is 18.7 Å². The number of hydrogen-bond donors (Lipinski definition) is 1. The molecule has 0 bridgehead atoms. The van der Waals surface area contributed by atoms with E-state index >= 15 is 0 Å². The number of fused-ring (bicyclic) bond motifs is 1. The molecule has 0 fully saturated rings. The van der Waals surface area contributed by atoms with Gasteiger partial charge in [-0.2, -0.15) is 0 Å². The Hall–Kier alpha value is -1.56. The van der Waals surface area contributed by atoms with Crippen molar-refractivity contribution in [2.24, 2.45) is 0 Å². The molecule has 22 heavy (non-hydrogen) atoms. The van der Waals surface area contributed by atoms with Crippen molar-refractivity contribution in [3.63, 3.8) is 0 Å². The predicted octanol–water partition coefficient (Wildman–Crippen LogP) is 2.32. The van der Waals surface area contributed by atoms with E-state index in [0.717, 1.165) is 36.9 Å². The number of aryl methyl sites for hydroxylation is 1. The summed E-state index contributed by atoms with van der Waals surface area (Å²) in [6, 6.07) is 5.30. The molecular weight excluding hydrogens is 300 g/mol. The van der Waals surface area contributed by atoms with Crippen molar-refractivity contribution in [3.8, 4) is 0 Å². The molecule has 1 aromatic rings. The van der Waals surface area contributed by atoms with Gasteiger partial charge in [0.05, 0.1) is 11.4 Å². The quantitative estimate of drug-likeness (QED) is 0.817. The molecule has 0 atom stereocenters. The van der Waals surface area contributed by atoms with Gasteiger partial charge < -0.3 is 5.32 Å². The normalized spacial score (nSPS) is 14.5. The topological polar surface area (TPSA) is 66.5 Å². The lowest BCUT2D eigenvalue weighted by Gasteiger charge is -2.30. The molecule has 2 rings (SSSR count). The highest BCUT2D eigenvalue weighted by molar-refractivity contribution is 7.92. The fraction of sp³-hybridized carbons (Fsp3) is 0.562. The van der Waals surface area contributed by atoms with Crippen molar-refractivity contribution in [2.75, 3.05) is 23.1 Å². The van der Waals surface area contributed by atoms with Gasteiger partial charge in [-0.3, -0.25) is 9.10 Å². The SMILES string of the molecule is CCCCNC(=O)c1ccc2c(c1)CCCN2S(=O)(=O)CC. The van der Waals surface area contributed by atoms with E-state index in [1.807, 2.05) is 6.07 Å². The zero-order valence-corrected chi connectivity index (χ0v) is 14.1. The lowest BCUT2D eigenvalue weighted by Crippen LogP contribution is -2.36. The molecule has 1 aromatic carbocycles. The van der Waals surface area contributed by atoms with Crippen molar-refractivity contribution in [2.45, 2.75) is 39.5 Å². The molecule has 1 amide bonds. The number of rotatable bonds is 6. The molecule has 0 unspecified atom stereocenters. The monoisotopic (exact) mass is 324 g/mol. The predicted molar refractivity (Wildman–Crippen MR) is 88.8 cm³/mol. The average molecular weight is 324 g/mol. The molecule has 5 nitrogen and oxygen atoms in total. The highest BCUT2D eigenvalue weighted by atomic mass is 32.2. The van der Waals surface area contributed by atoms with Crippen LogP contribution in [0.5, 0.6) is 0 Å². The second-order valence-corrected chi connectivity index (χ2v) is 7.71. The molecular formula is C16H24N2O3S. The summed E-state index contributed by atoms with van der Waals surface area (Å²) >= 11 is 0. The minimum Gasteiger partial charge on any atom is -0.352 e. The van der Waals surface area contributed by atoms with E-state index < -0.39 is 10.0 Å². The Morgan fingerprint density at radius 2 is 2.09 bits per heavy atom. The van der Waals surface area contributed by atoms with Crippen LogP contribution < -0.4 is 9.62 Å². The van der Waals surface area contributed by atoms with Crippen LogP contribution in [-0.2, 0) is 16.4 Å². The summed E-state index contributed by atoms with van der Waals surface area (Å²) < 4.78 is 25.8. The van der Waals surface area contributed by atoms with Crippen molar-refractivity contribution in [1.29, 1.82) is 0 Å². The van der Waals surface area contributed by atoms with E-state index in [1.165, 1.54) is 4.31 Å². The second-order valence-electron chi connectivity index (χ2n) is 5.53. The molecule has 6 heteroatoms. The number of carbonyl (C=O) groups excluding carboxylic acids is 1. The summed E-state index contributed by atoms with van der Waals surface area (Å²) in [6.45, 7) is 4.92. The molecule has 0 aliphatic carbocycles. The molecule has 122 valence electrons. The van der Waals surface area contributed by atoms with Crippen LogP contribution in [0.2, 0.25) is 0 Å². The molecule has 0 radical (unpaired) electrons. The van der Waals surface area contributed by atoms with Gasteiger partial charge in [0.2, 0.25) is 10.0 Å². The van der Waals surface area contributed by atoms with Gasteiger partial charge >= 0.3 is 0 Å². The molecule has 0 saturated heterocycles. The molecule has 0 aromatic heterocycles. The maximum absolute atomic E-state index is 12.2. The number of nitrogens with one attached hydrogen (secondary N) is 1. The summed E-state index contributed by atoms with van der Waals surface area (Å²) in [4.78, 5) is 12.1. The van der Waals surface area contributed by atoms with Crippen LogP contribution in [-0.4, -0.2) is 33.2 Å². The minimum absolute atomic E-state index is 0.0890. The number of benzene rings is 1. The molecule has 1 aliphatic rings. The Morgan fingerprint density at radius 3 is 2.77 bits per heavy atom. The highest BCUT2D eigenvalue weighted by Crippen LogP contribution is 2.30. The molecule has 0 saturated carbocycles. The van der Waals surface area contributed by atoms with E-state index in [9.17, 15) is 13.2 Å². The van der Waals surface area contributed by atoms with Gasteiger partial charge in [-0.25, -0.2) is 8.42 Å². The zero-order valence-electron chi connectivity index (χ0n) is 13.3. The van der Waals surface area contributed by atoms with Gasteiger partial charge in [0.15, 0.2) is 0 Å². The fourth-order valence-electron chi connectivity index (χ4n) is 2.63. The first kappa shape index (κ1) is 16.8. The van der Waals surface area contributed by atoms with Crippen LogP contribution in [0.4, 0.5) is 5.69 Å². The summed E-state index contributed by atoms with van der Waals surface area (Å²) in [5, 5.41) is 2.89. The Balaban J connectivity index is 2.23. The van der Waals surface area contributed by atoms with Gasteiger partial charge in [0.25, 0.3) is 5.91 Å².